The van der Waals surface area contributed by atoms with E-state index >= 15 is 0 Å². The smallest absolute Gasteiger partial charge is 0.287 e. The average Bonchev–Trinajstić information content (AvgIpc) is 3.51. The Balaban J connectivity index is 1.43. The molecular weight excluding hydrogens is 422 g/mol. The van der Waals surface area contributed by atoms with Gasteiger partial charge in [-0.1, -0.05) is 18.2 Å². The molecule has 3 N–H and O–H groups in total. The third kappa shape index (κ3) is 3.53. The van der Waals surface area contributed by atoms with E-state index in [0.29, 0.717) is 11.6 Å². The number of anilines is 1. The molecule has 0 bridgehead atoms. The van der Waals surface area contributed by atoms with Gasteiger partial charge in [0.1, 0.15) is 18.5 Å². The first kappa shape index (κ1) is 18.9. The highest BCUT2D eigenvalue weighted by Gasteiger charge is 2.28. The molecule has 12 heteroatoms. The molecule has 0 radical (unpaired) electrons. The van der Waals surface area contributed by atoms with Crippen molar-refractivity contribution in [1.29, 1.82) is 0 Å². The lowest BCUT2D eigenvalue weighted by Crippen LogP contribution is -2.37. The van der Waals surface area contributed by atoms with Gasteiger partial charge in [0, 0.05) is 5.39 Å². The van der Waals surface area contributed by atoms with Crippen molar-refractivity contribution in [2.45, 2.75) is 19.6 Å². The molecule has 5 rings (SSSR count). The minimum atomic E-state index is -0.520. The fourth-order valence-corrected chi connectivity index (χ4v) is 4.06. The van der Waals surface area contributed by atoms with E-state index in [1.165, 1.54) is 28.6 Å². The Morgan fingerprint density at radius 3 is 2.97 bits per heavy atom. The Morgan fingerprint density at radius 1 is 1.26 bits per heavy atom. The third-order valence-corrected chi connectivity index (χ3v) is 5.57. The second kappa shape index (κ2) is 7.65. The van der Waals surface area contributed by atoms with Crippen LogP contribution in [0.1, 0.15) is 32.7 Å². The molecule has 0 atom stereocenters. The highest BCUT2D eigenvalue weighted by molar-refractivity contribution is 7.13. The standard InChI is InChI=1S/C19H15N7O4S/c27-13-9-26-11(7-21-13)16(23-17(26)19(29)22-8-14-20-5-6-30-14)24-18(28)15-10-3-1-2-4-12(10)31-25-15/h1-6H,7-9H2,(H,21,27)(H,22,29)(H,24,28). The number of nitrogens with one attached hydrogen (secondary N) is 3. The normalized spacial score (nSPS) is 13.0. The molecule has 31 heavy (non-hydrogen) atoms. The molecule has 156 valence electrons. The molecule has 3 aromatic heterocycles. The van der Waals surface area contributed by atoms with Gasteiger partial charge >= 0.3 is 0 Å². The first-order valence-electron chi connectivity index (χ1n) is 9.28. The first-order chi connectivity index (χ1) is 15.1. The Morgan fingerprint density at radius 2 is 2.13 bits per heavy atom. The van der Waals surface area contributed by atoms with Gasteiger partial charge in [-0.05, 0) is 17.6 Å². The Hall–Kier alpha value is -4.06. The first-order valence-corrected chi connectivity index (χ1v) is 10.1. The summed E-state index contributed by atoms with van der Waals surface area (Å²) in [7, 11) is 0. The largest absolute Gasteiger partial charge is 0.447 e. The number of carbonyl (C=O) groups is 3. The number of aromatic nitrogens is 4. The van der Waals surface area contributed by atoms with Crippen molar-refractivity contribution in [1.82, 2.24) is 29.5 Å². The van der Waals surface area contributed by atoms with Crippen LogP contribution >= 0.6 is 11.5 Å². The minimum Gasteiger partial charge on any atom is -0.447 e. The van der Waals surface area contributed by atoms with Crippen LogP contribution in [0.5, 0.6) is 0 Å². The molecule has 0 saturated heterocycles. The van der Waals surface area contributed by atoms with Gasteiger partial charge in [0.15, 0.2) is 5.82 Å². The molecule has 4 heterocycles. The summed E-state index contributed by atoms with van der Waals surface area (Å²) in [5.74, 6) is -0.676. The number of hydrogen-bond acceptors (Lipinski definition) is 8. The maximum atomic E-state index is 12.9. The van der Waals surface area contributed by atoms with E-state index in [1.807, 2.05) is 24.3 Å². The van der Waals surface area contributed by atoms with E-state index < -0.39 is 11.8 Å². The van der Waals surface area contributed by atoms with Crippen LogP contribution in [0.15, 0.2) is 41.1 Å². The summed E-state index contributed by atoms with van der Waals surface area (Å²) in [4.78, 5) is 45.7. The van der Waals surface area contributed by atoms with E-state index in [2.05, 4.69) is 30.3 Å². The number of imidazole rings is 1. The average molecular weight is 437 g/mol. The summed E-state index contributed by atoms with van der Waals surface area (Å²) in [6, 6.07) is 7.41. The van der Waals surface area contributed by atoms with Crippen molar-refractivity contribution in [2.75, 3.05) is 5.32 Å². The summed E-state index contributed by atoms with van der Waals surface area (Å²) in [6.07, 6.45) is 2.87. The van der Waals surface area contributed by atoms with Gasteiger partial charge in [-0.15, -0.1) is 0 Å². The van der Waals surface area contributed by atoms with Crippen molar-refractivity contribution >= 4 is 45.2 Å². The maximum Gasteiger partial charge on any atom is 0.287 e. The van der Waals surface area contributed by atoms with Gasteiger partial charge in [-0.3, -0.25) is 14.4 Å². The van der Waals surface area contributed by atoms with E-state index in [-0.39, 0.29) is 42.9 Å². The molecule has 1 aliphatic heterocycles. The number of amides is 3. The van der Waals surface area contributed by atoms with E-state index in [0.717, 1.165) is 10.1 Å². The molecule has 0 unspecified atom stereocenters. The molecule has 0 fully saturated rings. The fraction of sp³-hybridized carbons (Fsp3) is 0.158. The molecule has 4 aromatic rings. The lowest BCUT2D eigenvalue weighted by molar-refractivity contribution is -0.122. The summed E-state index contributed by atoms with van der Waals surface area (Å²) in [5, 5.41) is 8.82. The van der Waals surface area contributed by atoms with Crippen molar-refractivity contribution < 1.29 is 18.8 Å². The molecule has 1 aromatic carbocycles. The molecule has 1 aliphatic rings. The predicted octanol–water partition coefficient (Wildman–Crippen LogP) is 1.29. The second-order valence-corrected chi connectivity index (χ2v) is 7.49. The van der Waals surface area contributed by atoms with Gasteiger partial charge in [0.05, 0.1) is 29.7 Å². The Labute approximate surface area is 178 Å². The Bertz CT molecular complexity index is 1310. The summed E-state index contributed by atoms with van der Waals surface area (Å²) < 4.78 is 11.7. The predicted molar refractivity (Wildman–Crippen MR) is 109 cm³/mol. The molecule has 0 spiro atoms. The molecular formula is C19H15N7O4S. The van der Waals surface area contributed by atoms with Crippen molar-refractivity contribution in [3.63, 3.8) is 0 Å². The molecule has 11 nitrogen and oxygen atoms in total. The number of rotatable bonds is 5. The third-order valence-electron chi connectivity index (χ3n) is 4.74. The minimum absolute atomic E-state index is 0.00911. The van der Waals surface area contributed by atoms with Gasteiger partial charge in [0.25, 0.3) is 11.8 Å². The molecule has 3 amide bonds. The lowest BCUT2D eigenvalue weighted by Gasteiger charge is -2.17. The number of carbonyl (C=O) groups excluding carboxylic acids is 3. The number of oxazole rings is 1. The van der Waals surface area contributed by atoms with Crippen LogP contribution < -0.4 is 16.0 Å². The van der Waals surface area contributed by atoms with Gasteiger partial charge in [0.2, 0.25) is 17.6 Å². The number of nitrogens with zero attached hydrogens (tertiary/aromatic N) is 4. The van der Waals surface area contributed by atoms with Crippen molar-refractivity contribution in [3.05, 3.63) is 59.8 Å². The zero-order valence-corrected chi connectivity index (χ0v) is 16.7. The second-order valence-electron chi connectivity index (χ2n) is 6.68. The van der Waals surface area contributed by atoms with E-state index in [1.54, 1.807) is 0 Å². The van der Waals surface area contributed by atoms with Crippen LogP contribution in [-0.2, 0) is 24.4 Å². The Kier molecular flexibility index (Phi) is 4.67. The number of benzene rings is 1. The van der Waals surface area contributed by atoms with Crippen LogP contribution in [0, 0.1) is 0 Å². The highest BCUT2D eigenvalue weighted by atomic mass is 32.1. The quantitative estimate of drug-likeness (QED) is 0.427. The SMILES string of the molecule is O=C1Cn2c(C(=O)NCc3ncco3)nc(NC(=O)c3nsc4ccccc34)c2CN1. The molecule has 0 saturated carbocycles. The monoisotopic (exact) mass is 437 g/mol. The van der Waals surface area contributed by atoms with Gasteiger partial charge in [-0.2, -0.15) is 4.37 Å². The molecule has 0 aliphatic carbocycles. The van der Waals surface area contributed by atoms with Gasteiger partial charge < -0.3 is 24.9 Å². The maximum absolute atomic E-state index is 12.9. The van der Waals surface area contributed by atoms with Crippen molar-refractivity contribution in [2.24, 2.45) is 0 Å². The van der Waals surface area contributed by atoms with Crippen molar-refractivity contribution in [3.8, 4) is 0 Å². The van der Waals surface area contributed by atoms with Crippen LogP contribution in [0.3, 0.4) is 0 Å². The van der Waals surface area contributed by atoms with Crippen LogP contribution in [0.4, 0.5) is 5.82 Å². The summed E-state index contributed by atoms with van der Waals surface area (Å²) in [5.41, 5.74) is 0.797. The van der Waals surface area contributed by atoms with E-state index in [9.17, 15) is 14.4 Å². The fourth-order valence-electron chi connectivity index (χ4n) is 3.28. The summed E-state index contributed by atoms with van der Waals surface area (Å²) >= 11 is 1.22. The van der Waals surface area contributed by atoms with Crippen LogP contribution in [0.2, 0.25) is 0 Å². The van der Waals surface area contributed by atoms with E-state index in [4.69, 9.17) is 4.42 Å². The lowest BCUT2D eigenvalue weighted by atomic mass is 10.2. The topological polar surface area (TPSA) is 144 Å². The zero-order valence-electron chi connectivity index (χ0n) is 15.9. The number of fused-ring (bicyclic) bond motifs is 2. The summed E-state index contributed by atoms with van der Waals surface area (Å²) in [6.45, 7) is 0.110. The zero-order chi connectivity index (χ0) is 21.4. The van der Waals surface area contributed by atoms with Crippen LogP contribution in [-0.4, -0.2) is 36.6 Å². The highest BCUT2D eigenvalue weighted by Crippen LogP contribution is 2.25. The number of hydrogen-bond donors (Lipinski definition) is 3. The van der Waals surface area contributed by atoms with Gasteiger partial charge in [-0.25, -0.2) is 9.97 Å². The van der Waals surface area contributed by atoms with Crippen LogP contribution in [0.25, 0.3) is 10.1 Å².